The lowest BCUT2D eigenvalue weighted by molar-refractivity contribution is 0.102. The van der Waals surface area contributed by atoms with E-state index in [0.29, 0.717) is 22.8 Å². The van der Waals surface area contributed by atoms with E-state index in [1.165, 1.54) is 0 Å². The van der Waals surface area contributed by atoms with Crippen LogP contribution < -0.4 is 16.0 Å². The number of nitrogens with one attached hydrogen (secondary N) is 3. The highest BCUT2D eigenvalue weighted by atomic mass is 16.1. The van der Waals surface area contributed by atoms with Crippen LogP contribution in [-0.2, 0) is 0 Å². The smallest absolute Gasteiger partial charge is 0.257 e. The summed E-state index contributed by atoms with van der Waals surface area (Å²) in [6.45, 7) is 2.04. The number of para-hydroxylation sites is 1. The van der Waals surface area contributed by atoms with Crippen molar-refractivity contribution in [2.45, 2.75) is 18.9 Å². The molecular weight excluding hydrogens is 326 g/mol. The fraction of sp³-hybridized carbons (Fsp3) is 0.250. The van der Waals surface area contributed by atoms with Crippen molar-refractivity contribution in [1.29, 1.82) is 0 Å². The van der Waals surface area contributed by atoms with Crippen LogP contribution in [-0.4, -0.2) is 35.0 Å². The first-order valence-corrected chi connectivity index (χ1v) is 8.88. The van der Waals surface area contributed by atoms with Gasteiger partial charge in [0.15, 0.2) is 0 Å². The fourth-order valence-electron chi connectivity index (χ4n) is 3.22. The minimum atomic E-state index is -0.173. The largest absolute Gasteiger partial charge is 0.367 e. The van der Waals surface area contributed by atoms with Crippen LogP contribution >= 0.6 is 0 Å². The minimum Gasteiger partial charge on any atom is -0.367 e. The third kappa shape index (κ3) is 3.65. The van der Waals surface area contributed by atoms with E-state index in [4.69, 9.17) is 4.98 Å². The molecule has 1 aromatic carbocycles. The van der Waals surface area contributed by atoms with Gasteiger partial charge in [0.25, 0.3) is 5.91 Å². The van der Waals surface area contributed by atoms with Crippen LogP contribution in [0, 0.1) is 0 Å². The summed E-state index contributed by atoms with van der Waals surface area (Å²) in [6, 6.07) is 13.6. The highest BCUT2D eigenvalue weighted by molar-refractivity contribution is 6.12. The van der Waals surface area contributed by atoms with E-state index in [9.17, 15) is 4.79 Å². The third-order valence-corrected chi connectivity index (χ3v) is 4.59. The van der Waals surface area contributed by atoms with Crippen LogP contribution in [0.1, 0.15) is 23.2 Å². The van der Waals surface area contributed by atoms with Crippen molar-refractivity contribution in [1.82, 2.24) is 15.3 Å². The molecule has 0 spiro atoms. The van der Waals surface area contributed by atoms with Crippen molar-refractivity contribution in [3.8, 4) is 0 Å². The predicted octanol–water partition coefficient (Wildman–Crippen LogP) is 3.05. The van der Waals surface area contributed by atoms with Crippen molar-refractivity contribution < 1.29 is 4.79 Å². The molecule has 4 rings (SSSR count). The molecule has 132 valence electrons. The molecule has 2 aromatic heterocycles. The van der Waals surface area contributed by atoms with Gasteiger partial charge in [-0.3, -0.25) is 9.78 Å². The highest BCUT2D eigenvalue weighted by Gasteiger charge is 2.15. The molecule has 0 aliphatic carbocycles. The molecular formula is C20H21N5O. The number of anilines is 2. The van der Waals surface area contributed by atoms with Gasteiger partial charge in [0.2, 0.25) is 0 Å². The fourth-order valence-corrected chi connectivity index (χ4v) is 3.22. The molecule has 3 N–H and O–H groups in total. The highest BCUT2D eigenvalue weighted by Crippen LogP contribution is 2.21. The van der Waals surface area contributed by atoms with Gasteiger partial charge in [-0.2, -0.15) is 0 Å². The summed E-state index contributed by atoms with van der Waals surface area (Å²) < 4.78 is 0. The van der Waals surface area contributed by atoms with Gasteiger partial charge in [0, 0.05) is 29.5 Å². The zero-order chi connectivity index (χ0) is 17.8. The molecule has 1 amide bonds. The van der Waals surface area contributed by atoms with Crippen molar-refractivity contribution in [2.24, 2.45) is 0 Å². The molecule has 6 heteroatoms. The maximum Gasteiger partial charge on any atom is 0.257 e. The van der Waals surface area contributed by atoms with Crippen LogP contribution in [0.25, 0.3) is 10.9 Å². The number of nitrogens with zero attached hydrogens (tertiary/aromatic N) is 2. The van der Waals surface area contributed by atoms with Crippen molar-refractivity contribution in [3.05, 3.63) is 60.4 Å². The Morgan fingerprint density at radius 2 is 1.85 bits per heavy atom. The quantitative estimate of drug-likeness (QED) is 0.676. The second-order valence-corrected chi connectivity index (χ2v) is 6.43. The number of rotatable bonds is 4. The van der Waals surface area contributed by atoms with Crippen LogP contribution in [0.4, 0.5) is 11.5 Å². The Balaban J connectivity index is 1.61. The van der Waals surface area contributed by atoms with Gasteiger partial charge in [-0.25, -0.2) is 4.98 Å². The monoisotopic (exact) mass is 347 g/mol. The van der Waals surface area contributed by atoms with Gasteiger partial charge >= 0.3 is 0 Å². The molecule has 0 atom stereocenters. The summed E-state index contributed by atoms with van der Waals surface area (Å²) in [5.74, 6) is 0.641. The van der Waals surface area contributed by atoms with Gasteiger partial charge in [0.05, 0.1) is 11.1 Å². The molecule has 1 aliphatic heterocycles. The van der Waals surface area contributed by atoms with Crippen LogP contribution in [0.5, 0.6) is 0 Å². The number of hydrogen-bond donors (Lipinski definition) is 3. The van der Waals surface area contributed by atoms with E-state index in [2.05, 4.69) is 20.9 Å². The van der Waals surface area contributed by atoms with Gasteiger partial charge in [-0.15, -0.1) is 0 Å². The molecule has 0 saturated carbocycles. The molecule has 3 aromatic rings. The van der Waals surface area contributed by atoms with E-state index < -0.39 is 0 Å². The molecule has 0 bridgehead atoms. The van der Waals surface area contributed by atoms with Crippen molar-refractivity contribution in [2.75, 3.05) is 23.7 Å². The SMILES string of the molecule is O=C(Nc1ccncc1)c1cccc2ccc(NC3CCNCC3)nc12. The summed E-state index contributed by atoms with van der Waals surface area (Å²) in [6.07, 6.45) is 5.45. The number of carbonyl (C=O) groups excluding carboxylic acids is 1. The number of pyridine rings is 2. The molecule has 0 radical (unpaired) electrons. The lowest BCUT2D eigenvalue weighted by Gasteiger charge is -2.24. The standard InChI is InChI=1S/C20H21N5O/c26-20(24-16-8-12-22-13-9-16)17-3-1-2-14-4-5-18(25-19(14)17)23-15-6-10-21-11-7-15/h1-5,8-9,12-13,15,21H,6-7,10-11H2,(H,23,25)(H,22,24,26). The molecule has 26 heavy (non-hydrogen) atoms. The number of carbonyl (C=O) groups is 1. The van der Waals surface area contributed by atoms with Crippen LogP contribution in [0.2, 0.25) is 0 Å². The summed E-state index contributed by atoms with van der Waals surface area (Å²) in [5, 5.41) is 10.7. The average molecular weight is 347 g/mol. The van der Waals surface area contributed by atoms with E-state index in [1.54, 1.807) is 30.6 Å². The second kappa shape index (κ2) is 7.49. The first-order chi connectivity index (χ1) is 12.8. The zero-order valence-electron chi connectivity index (χ0n) is 14.4. The minimum absolute atomic E-state index is 0.173. The van der Waals surface area contributed by atoms with Crippen molar-refractivity contribution >= 4 is 28.3 Å². The number of piperidine rings is 1. The van der Waals surface area contributed by atoms with Gasteiger partial charge in [0.1, 0.15) is 5.82 Å². The molecule has 1 fully saturated rings. The number of aromatic nitrogens is 2. The summed E-state index contributed by atoms with van der Waals surface area (Å²) in [7, 11) is 0. The van der Waals surface area contributed by atoms with Gasteiger partial charge in [-0.05, 0) is 56.3 Å². The Morgan fingerprint density at radius 1 is 1.04 bits per heavy atom. The van der Waals surface area contributed by atoms with E-state index in [1.807, 2.05) is 24.3 Å². The van der Waals surface area contributed by atoms with Gasteiger partial charge < -0.3 is 16.0 Å². The third-order valence-electron chi connectivity index (χ3n) is 4.59. The zero-order valence-corrected chi connectivity index (χ0v) is 14.4. The van der Waals surface area contributed by atoms with E-state index in [-0.39, 0.29) is 5.91 Å². The maximum atomic E-state index is 12.7. The Hall–Kier alpha value is -2.99. The van der Waals surface area contributed by atoms with E-state index in [0.717, 1.165) is 37.1 Å². The summed E-state index contributed by atoms with van der Waals surface area (Å²) >= 11 is 0. The lowest BCUT2D eigenvalue weighted by atomic mass is 10.1. The summed E-state index contributed by atoms with van der Waals surface area (Å²) in [4.78, 5) is 21.4. The second-order valence-electron chi connectivity index (χ2n) is 6.43. The van der Waals surface area contributed by atoms with Crippen LogP contribution in [0.3, 0.4) is 0 Å². The number of benzene rings is 1. The topological polar surface area (TPSA) is 78.9 Å². The number of amides is 1. The summed E-state index contributed by atoms with van der Waals surface area (Å²) in [5.41, 5.74) is 1.98. The number of fused-ring (bicyclic) bond motifs is 1. The van der Waals surface area contributed by atoms with Crippen molar-refractivity contribution in [3.63, 3.8) is 0 Å². The molecule has 0 unspecified atom stereocenters. The molecule has 6 nitrogen and oxygen atoms in total. The Morgan fingerprint density at radius 3 is 2.65 bits per heavy atom. The van der Waals surface area contributed by atoms with Crippen LogP contribution in [0.15, 0.2) is 54.9 Å². The Labute approximate surface area is 152 Å². The molecule has 1 saturated heterocycles. The Bertz CT molecular complexity index is 906. The molecule has 3 heterocycles. The Kier molecular flexibility index (Phi) is 4.75. The normalized spacial score (nSPS) is 14.9. The predicted molar refractivity (Wildman–Crippen MR) is 103 cm³/mol. The first kappa shape index (κ1) is 16.5. The first-order valence-electron chi connectivity index (χ1n) is 8.88. The van der Waals surface area contributed by atoms with E-state index >= 15 is 0 Å². The number of hydrogen-bond acceptors (Lipinski definition) is 5. The van der Waals surface area contributed by atoms with Gasteiger partial charge in [-0.1, -0.05) is 12.1 Å². The molecule has 1 aliphatic rings. The average Bonchev–Trinajstić information content (AvgIpc) is 2.69. The maximum absolute atomic E-state index is 12.7. The lowest BCUT2D eigenvalue weighted by Crippen LogP contribution is -2.35.